The first-order chi connectivity index (χ1) is 9.08. The van der Waals surface area contributed by atoms with Crippen molar-refractivity contribution in [3.05, 3.63) is 33.8 Å². The van der Waals surface area contributed by atoms with Crippen molar-refractivity contribution < 1.29 is 5.11 Å². The Kier molecular flexibility index (Phi) is 5.52. The van der Waals surface area contributed by atoms with Crippen LogP contribution < -0.4 is 5.32 Å². The largest absolute Gasteiger partial charge is 0.393 e. The van der Waals surface area contributed by atoms with E-state index in [1.54, 1.807) is 6.07 Å². The van der Waals surface area contributed by atoms with Crippen LogP contribution in [0.2, 0.25) is 10.0 Å². The van der Waals surface area contributed by atoms with Gasteiger partial charge in [-0.3, -0.25) is 0 Å². The molecule has 2 nitrogen and oxygen atoms in total. The summed E-state index contributed by atoms with van der Waals surface area (Å²) in [6.07, 6.45) is 4.06. The van der Waals surface area contributed by atoms with Crippen molar-refractivity contribution >= 4 is 23.2 Å². The molecule has 2 rings (SSSR count). The van der Waals surface area contributed by atoms with Crippen molar-refractivity contribution in [3.8, 4) is 0 Å². The molecule has 0 heterocycles. The lowest BCUT2D eigenvalue weighted by Crippen LogP contribution is -2.30. The number of aliphatic hydroxyl groups is 1. The van der Waals surface area contributed by atoms with Crippen molar-refractivity contribution in [2.24, 2.45) is 5.92 Å². The van der Waals surface area contributed by atoms with Crippen molar-refractivity contribution in [2.75, 3.05) is 6.54 Å². The van der Waals surface area contributed by atoms with E-state index in [0.29, 0.717) is 16.0 Å². The lowest BCUT2D eigenvalue weighted by atomic mass is 9.87. The van der Waals surface area contributed by atoms with E-state index < -0.39 is 0 Å². The minimum Gasteiger partial charge on any atom is -0.393 e. The molecule has 0 bridgehead atoms. The van der Waals surface area contributed by atoms with Gasteiger partial charge in [0.2, 0.25) is 0 Å². The molecule has 3 unspecified atom stereocenters. The topological polar surface area (TPSA) is 32.3 Å². The maximum absolute atomic E-state index is 9.68. The molecule has 1 aliphatic carbocycles. The molecule has 1 aliphatic rings. The highest BCUT2D eigenvalue weighted by atomic mass is 35.5. The maximum Gasteiger partial charge on any atom is 0.0639 e. The van der Waals surface area contributed by atoms with Gasteiger partial charge in [-0.15, -0.1) is 0 Å². The zero-order valence-corrected chi connectivity index (χ0v) is 12.7. The van der Waals surface area contributed by atoms with Gasteiger partial charge in [0.15, 0.2) is 0 Å². The summed E-state index contributed by atoms with van der Waals surface area (Å²) >= 11 is 12.3. The van der Waals surface area contributed by atoms with Crippen LogP contribution in [0.4, 0.5) is 0 Å². The minimum absolute atomic E-state index is 0.120. The van der Waals surface area contributed by atoms with E-state index in [1.807, 2.05) is 12.1 Å². The normalized spacial score (nSPS) is 25.3. The van der Waals surface area contributed by atoms with Gasteiger partial charge in [0.25, 0.3) is 0 Å². The molecule has 0 spiro atoms. The van der Waals surface area contributed by atoms with Crippen LogP contribution in [0.25, 0.3) is 0 Å². The van der Waals surface area contributed by atoms with E-state index in [1.165, 1.54) is 6.42 Å². The van der Waals surface area contributed by atoms with Crippen LogP contribution in [-0.2, 0) is 0 Å². The van der Waals surface area contributed by atoms with E-state index in [2.05, 4.69) is 12.2 Å². The fourth-order valence-electron chi connectivity index (χ4n) is 2.76. The van der Waals surface area contributed by atoms with Crippen LogP contribution in [0.3, 0.4) is 0 Å². The molecule has 1 aromatic carbocycles. The zero-order valence-electron chi connectivity index (χ0n) is 11.2. The molecular weight excluding hydrogens is 281 g/mol. The van der Waals surface area contributed by atoms with E-state index in [4.69, 9.17) is 23.2 Å². The molecule has 19 heavy (non-hydrogen) atoms. The summed E-state index contributed by atoms with van der Waals surface area (Å²) in [4.78, 5) is 0. The summed E-state index contributed by atoms with van der Waals surface area (Å²) in [6.45, 7) is 3.01. The third kappa shape index (κ3) is 4.09. The van der Waals surface area contributed by atoms with Crippen LogP contribution >= 0.6 is 23.2 Å². The standard InChI is InChI=1S/C15H21Cl2NO/c1-10(13-6-3-7-14(16)15(13)17)18-9-11-4-2-5-12(19)8-11/h3,6-7,10-12,18-19H,2,4-5,8-9H2,1H3. The number of rotatable bonds is 4. The van der Waals surface area contributed by atoms with E-state index in [9.17, 15) is 5.11 Å². The number of benzene rings is 1. The fraction of sp³-hybridized carbons (Fsp3) is 0.600. The monoisotopic (exact) mass is 301 g/mol. The molecule has 2 N–H and O–H groups in total. The van der Waals surface area contributed by atoms with Crippen LogP contribution in [-0.4, -0.2) is 17.8 Å². The number of halogens is 2. The molecule has 3 atom stereocenters. The average Bonchev–Trinajstić information content (AvgIpc) is 2.39. The highest BCUT2D eigenvalue weighted by Gasteiger charge is 2.21. The Balaban J connectivity index is 1.90. The van der Waals surface area contributed by atoms with Gasteiger partial charge in [-0.2, -0.15) is 0 Å². The van der Waals surface area contributed by atoms with Crippen molar-refractivity contribution in [1.82, 2.24) is 5.32 Å². The third-order valence-electron chi connectivity index (χ3n) is 3.92. The van der Waals surface area contributed by atoms with Crippen LogP contribution in [0.1, 0.15) is 44.2 Å². The van der Waals surface area contributed by atoms with Crippen molar-refractivity contribution in [1.29, 1.82) is 0 Å². The highest BCUT2D eigenvalue weighted by Crippen LogP contribution is 2.30. The second kappa shape index (κ2) is 6.94. The minimum atomic E-state index is -0.120. The first-order valence-electron chi connectivity index (χ1n) is 6.93. The Hall–Kier alpha value is -0.280. The van der Waals surface area contributed by atoms with Gasteiger partial charge in [0, 0.05) is 6.04 Å². The van der Waals surface area contributed by atoms with Crippen LogP contribution in [0.5, 0.6) is 0 Å². The van der Waals surface area contributed by atoms with Crippen molar-refractivity contribution in [2.45, 2.75) is 44.8 Å². The highest BCUT2D eigenvalue weighted by molar-refractivity contribution is 6.42. The second-order valence-corrected chi connectivity index (χ2v) is 6.24. The quantitative estimate of drug-likeness (QED) is 0.874. The van der Waals surface area contributed by atoms with Gasteiger partial charge in [0.1, 0.15) is 0 Å². The molecule has 4 heteroatoms. The van der Waals surface area contributed by atoms with Gasteiger partial charge in [-0.25, -0.2) is 0 Å². The summed E-state index contributed by atoms with van der Waals surface area (Å²) in [5, 5.41) is 14.4. The summed E-state index contributed by atoms with van der Waals surface area (Å²) in [7, 11) is 0. The van der Waals surface area contributed by atoms with Crippen molar-refractivity contribution in [3.63, 3.8) is 0 Å². The maximum atomic E-state index is 9.68. The Morgan fingerprint density at radius 1 is 1.37 bits per heavy atom. The average molecular weight is 302 g/mol. The molecule has 0 saturated heterocycles. The third-order valence-corrected chi connectivity index (χ3v) is 4.75. The van der Waals surface area contributed by atoms with Gasteiger partial charge < -0.3 is 10.4 Å². The summed E-state index contributed by atoms with van der Waals surface area (Å²) in [5.41, 5.74) is 1.03. The Morgan fingerprint density at radius 3 is 2.89 bits per heavy atom. The van der Waals surface area contributed by atoms with Crippen LogP contribution in [0.15, 0.2) is 18.2 Å². The Bertz CT molecular complexity index is 425. The van der Waals surface area contributed by atoms with Gasteiger partial charge in [-0.05, 0) is 50.3 Å². The number of hydrogen-bond donors (Lipinski definition) is 2. The summed E-state index contributed by atoms with van der Waals surface area (Å²) in [5.74, 6) is 0.559. The Morgan fingerprint density at radius 2 is 2.16 bits per heavy atom. The first-order valence-corrected chi connectivity index (χ1v) is 7.69. The van der Waals surface area contributed by atoms with E-state index in [0.717, 1.165) is 31.4 Å². The molecule has 0 aliphatic heterocycles. The smallest absolute Gasteiger partial charge is 0.0639 e. The van der Waals surface area contributed by atoms with Gasteiger partial charge in [-0.1, -0.05) is 41.8 Å². The predicted octanol–water partition coefficient (Wildman–Crippen LogP) is 4.20. The van der Waals surface area contributed by atoms with E-state index in [-0.39, 0.29) is 12.1 Å². The summed E-state index contributed by atoms with van der Waals surface area (Å²) < 4.78 is 0. The Labute approximate surface area is 125 Å². The number of hydrogen-bond acceptors (Lipinski definition) is 2. The predicted molar refractivity (Wildman–Crippen MR) is 80.8 cm³/mol. The molecule has 106 valence electrons. The lowest BCUT2D eigenvalue weighted by molar-refractivity contribution is 0.0998. The molecule has 1 fully saturated rings. The first kappa shape index (κ1) is 15.1. The van der Waals surface area contributed by atoms with Crippen LogP contribution in [0, 0.1) is 5.92 Å². The van der Waals surface area contributed by atoms with Gasteiger partial charge >= 0.3 is 0 Å². The molecule has 1 aromatic rings. The molecule has 0 aromatic heterocycles. The molecule has 0 radical (unpaired) electrons. The molecule has 0 amide bonds. The van der Waals surface area contributed by atoms with Gasteiger partial charge in [0.05, 0.1) is 16.1 Å². The number of nitrogens with one attached hydrogen (secondary N) is 1. The lowest BCUT2D eigenvalue weighted by Gasteiger charge is -2.27. The van der Waals surface area contributed by atoms with E-state index >= 15 is 0 Å². The fourth-order valence-corrected chi connectivity index (χ4v) is 3.23. The molecular formula is C15H21Cl2NO. The molecule has 1 saturated carbocycles. The number of aliphatic hydroxyl groups excluding tert-OH is 1. The SMILES string of the molecule is CC(NCC1CCCC(O)C1)c1cccc(Cl)c1Cl. The zero-order chi connectivity index (χ0) is 13.8. The summed E-state index contributed by atoms with van der Waals surface area (Å²) in [6, 6.07) is 5.90. The second-order valence-electron chi connectivity index (χ2n) is 5.46.